The van der Waals surface area contributed by atoms with Crippen molar-refractivity contribution in [3.8, 4) is 21.9 Å². The molecule has 0 spiro atoms. The minimum atomic E-state index is -0.949. The van der Waals surface area contributed by atoms with E-state index in [0.717, 1.165) is 27.4 Å². The molecule has 19 nitrogen and oxygen atoms in total. The summed E-state index contributed by atoms with van der Waals surface area (Å²) >= 11 is 1.57. The van der Waals surface area contributed by atoms with E-state index in [4.69, 9.17) is 9.72 Å². The average Bonchev–Trinajstić information content (AvgIpc) is 4.05. The van der Waals surface area contributed by atoms with Gasteiger partial charge < -0.3 is 45.8 Å². The number of aromatic nitrogens is 4. The maximum atomic E-state index is 14.1. The molecule has 2 aliphatic rings. The number of anilines is 4. The average molecular weight is 1050 g/mol. The number of amides is 5. The lowest BCUT2D eigenvalue weighted by Crippen LogP contribution is -2.57. The molecule has 398 valence electrons. The third kappa shape index (κ3) is 12.7. The first kappa shape index (κ1) is 54.3. The molecule has 0 bridgehead atoms. The Hall–Kier alpha value is -7.97. The lowest BCUT2D eigenvalue weighted by atomic mass is 9.85. The molecule has 20 heteroatoms. The quantitative estimate of drug-likeness (QED) is 0.0463. The number of ether oxygens (including phenoxy) is 1. The number of hydrogen-bond acceptors (Lipinski definition) is 14. The number of nitrogens with one attached hydrogen (secondary N) is 4. The van der Waals surface area contributed by atoms with Gasteiger partial charge in [0.25, 0.3) is 5.56 Å². The molecule has 3 aromatic heterocycles. The van der Waals surface area contributed by atoms with Crippen LogP contribution in [0.4, 0.5) is 23.0 Å². The molecule has 2 fully saturated rings. The number of aryl methyl sites for hydroxylation is 2. The molecular weight excluding hydrogens is 987 g/mol. The highest BCUT2D eigenvalue weighted by Gasteiger charge is 2.44. The summed E-state index contributed by atoms with van der Waals surface area (Å²) in [6, 6.07) is 20.1. The Balaban J connectivity index is 0.805. The van der Waals surface area contributed by atoms with Crippen LogP contribution in [0.25, 0.3) is 27.2 Å². The van der Waals surface area contributed by atoms with Gasteiger partial charge in [-0.25, -0.2) is 9.97 Å². The lowest BCUT2D eigenvalue weighted by molar-refractivity contribution is -0.144. The number of piperazine rings is 1. The van der Waals surface area contributed by atoms with Crippen molar-refractivity contribution in [1.29, 1.82) is 0 Å². The fourth-order valence-electron chi connectivity index (χ4n) is 9.53. The number of β-amino-alcohol motifs (C(OH)–C–C–N with tert-alkyl or cyclic N) is 1. The van der Waals surface area contributed by atoms with E-state index in [2.05, 4.69) is 42.7 Å². The molecule has 5 heterocycles. The Morgan fingerprint density at radius 2 is 1.68 bits per heavy atom. The first-order chi connectivity index (χ1) is 36.4. The van der Waals surface area contributed by atoms with Crippen molar-refractivity contribution < 1.29 is 33.8 Å². The fraction of sp³-hybridized carbons (Fsp3) is 0.375. The zero-order valence-corrected chi connectivity index (χ0v) is 44.5. The lowest BCUT2D eigenvalue weighted by Gasteiger charge is -2.36. The predicted octanol–water partition coefficient (Wildman–Crippen LogP) is 6.42. The Morgan fingerprint density at radius 1 is 0.934 bits per heavy atom. The summed E-state index contributed by atoms with van der Waals surface area (Å²) in [6.45, 7) is 15.3. The molecule has 0 aliphatic carbocycles. The Kier molecular flexibility index (Phi) is 16.9. The van der Waals surface area contributed by atoms with Crippen LogP contribution >= 0.6 is 11.3 Å². The molecule has 2 aliphatic heterocycles. The summed E-state index contributed by atoms with van der Waals surface area (Å²) in [6.07, 6.45) is 3.34. The molecule has 76 heavy (non-hydrogen) atoms. The number of rotatable bonds is 18. The van der Waals surface area contributed by atoms with E-state index < -0.39 is 29.5 Å². The van der Waals surface area contributed by atoms with Crippen molar-refractivity contribution in [2.24, 2.45) is 5.41 Å². The number of thiazole rings is 1. The Labute approximate surface area is 445 Å². The van der Waals surface area contributed by atoms with Crippen molar-refractivity contribution in [2.75, 3.05) is 55.4 Å². The number of aliphatic hydroxyl groups excluding tert-OH is 1. The minimum Gasteiger partial charge on any atom is -0.494 e. The van der Waals surface area contributed by atoms with Gasteiger partial charge in [-0.3, -0.25) is 33.3 Å². The third-order valence-electron chi connectivity index (χ3n) is 13.7. The number of carbonyl (C=O) groups excluding carboxylic acids is 5. The van der Waals surface area contributed by atoms with E-state index in [1.54, 1.807) is 48.9 Å². The molecule has 2 saturated heterocycles. The Morgan fingerprint density at radius 3 is 2.38 bits per heavy atom. The van der Waals surface area contributed by atoms with E-state index in [1.807, 2.05) is 87.5 Å². The van der Waals surface area contributed by atoms with Crippen LogP contribution in [0.2, 0.25) is 0 Å². The highest BCUT2D eigenvalue weighted by atomic mass is 32.1. The van der Waals surface area contributed by atoms with Crippen LogP contribution < -0.4 is 36.5 Å². The van der Waals surface area contributed by atoms with Crippen LogP contribution in [0.15, 0.2) is 102 Å². The van der Waals surface area contributed by atoms with Crippen LogP contribution in [0.5, 0.6) is 5.75 Å². The number of aliphatic hydroxyl groups is 1. The Bertz CT molecular complexity index is 3200. The molecular formula is C56H65N11O8S. The largest absolute Gasteiger partial charge is 0.494 e. The van der Waals surface area contributed by atoms with Gasteiger partial charge in [-0.1, -0.05) is 57.7 Å². The summed E-state index contributed by atoms with van der Waals surface area (Å²) in [5, 5.41) is 23.1. The van der Waals surface area contributed by atoms with Crippen LogP contribution in [-0.2, 0) is 30.5 Å². The van der Waals surface area contributed by atoms with Crippen molar-refractivity contribution >= 4 is 74.9 Å². The standard InChI is InChI=1S/C56H65N11O8S/c1-8-46(69)60-38-12-11-13-40(27-38)67-49(72)26-34(2)42-31-58-55(63-52(42)67)61-43-21-20-39(28-45(43)75-7)64-22-24-65(25-23-64)48(71)15-10-9-14-47(70)62-51(56(4,5)6)54(74)66-32-41(68)29-44(66)53(73)57-30-36-16-18-37(19-17-36)50-35(3)59-33-76-50/h8,11-13,16-21,26-28,31,33,41,44,51,68H,1,9-10,14-15,22-25,29-30,32H2,2-7H3,(H,57,73)(H,60,69)(H,62,70)(H,58,61,63). The topological polar surface area (TPSA) is 233 Å². The summed E-state index contributed by atoms with van der Waals surface area (Å²) < 4.78 is 7.26. The monoisotopic (exact) mass is 1050 g/mol. The molecule has 3 aromatic carbocycles. The van der Waals surface area contributed by atoms with Crippen molar-refractivity contribution in [2.45, 2.75) is 91.5 Å². The maximum Gasteiger partial charge on any atom is 0.257 e. The van der Waals surface area contributed by atoms with Crippen LogP contribution in [-0.4, -0.2) is 122 Å². The predicted molar refractivity (Wildman–Crippen MR) is 294 cm³/mol. The number of benzene rings is 3. The van der Waals surface area contributed by atoms with E-state index in [0.29, 0.717) is 78.4 Å². The molecule has 5 amide bonds. The molecule has 6 aromatic rings. The summed E-state index contributed by atoms with van der Waals surface area (Å²) in [4.78, 5) is 99.9. The maximum absolute atomic E-state index is 14.1. The smallest absolute Gasteiger partial charge is 0.257 e. The molecule has 8 rings (SSSR count). The molecule has 0 saturated carbocycles. The van der Waals surface area contributed by atoms with Crippen molar-refractivity contribution in [3.63, 3.8) is 0 Å². The van der Waals surface area contributed by atoms with Crippen LogP contribution in [0, 0.1) is 19.3 Å². The zero-order valence-electron chi connectivity index (χ0n) is 43.7. The fourth-order valence-corrected chi connectivity index (χ4v) is 10.3. The molecule has 3 atom stereocenters. The van der Waals surface area contributed by atoms with E-state index in [9.17, 15) is 33.9 Å². The van der Waals surface area contributed by atoms with Gasteiger partial charge in [-0.2, -0.15) is 4.98 Å². The number of nitrogens with zero attached hydrogens (tertiary/aromatic N) is 7. The minimum absolute atomic E-state index is 0.00281. The van der Waals surface area contributed by atoms with Gasteiger partial charge in [-0.05, 0) is 85.2 Å². The number of unbranched alkanes of at least 4 members (excludes halogenated alkanes) is 1. The van der Waals surface area contributed by atoms with E-state index in [1.165, 1.54) is 21.6 Å². The van der Waals surface area contributed by atoms with Crippen LogP contribution in [0.3, 0.4) is 0 Å². The van der Waals surface area contributed by atoms with Gasteiger partial charge in [0.1, 0.15) is 17.8 Å². The number of carbonyl (C=O) groups is 5. The number of hydrogen-bond donors (Lipinski definition) is 5. The first-order valence-corrected chi connectivity index (χ1v) is 26.2. The number of pyridine rings is 1. The number of likely N-dealkylation sites (tertiary alicyclic amines) is 1. The molecule has 3 unspecified atom stereocenters. The summed E-state index contributed by atoms with van der Waals surface area (Å²) in [5.74, 6) is -0.741. The van der Waals surface area contributed by atoms with Gasteiger partial charge in [0.05, 0.1) is 40.7 Å². The highest BCUT2D eigenvalue weighted by molar-refractivity contribution is 7.13. The second-order valence-corrected chi connectivity index (χ2v) is 21.1. The van der Waals surface area contributed by atoms with Crippen LogP contribution in [0.1, 0.15) is 69.7 Å². The van der Waals surface area contributed by atoms with Gasteiger partial charge >= 0.3 is 0 Å². The van der Waals surface area contributed by atoms with Gasteiger partial charge in [0, 0.05) is 93.6 Å². The first-order valence-electron chi connectivity index (χ1n) is 25.4. The molecule has 5 N–H and O–H groups in total. The zero-order chi connectivity index (χ0) is 54.3. The SMILES string of the molecule is C=CC(=O)Nc1cccc(-n2c(=O)cc(C)c3cnc(Nc4ccc(N5CCN(C(=O)CCCCC(=O)NC(C(=O)N6CC(O)CC6C(=O)NCc6ccc(-c7scnc7C)cc6)C(C)(C)C)CC5)cc4OC)nc32)c1. The van der Waals surface area contributed by atoms with Gasteiger partial charge in [0.15, 0.2) is 5.65 Å². The van der Waals surface area contributed by atoms with E-state index >= 15 is 0 Å². The number of methoxy groups -OCH3 is 1. The highest BCUT2D eigenvalue weighted by Crippen LogP contribution is 2.33. The summed E-state index contributed by atoms with van der Waals surface area (Å²) in [5.41, 5.74) is 7.27. The van der Waals surface area contributed by atoms with Crippen molar-refractivity contribution in [3.05, 3.63) is 124 Å². The summed E-state index contributed by atoms with van der Waals surface area (Å²) in [7, 11) is 1.57. The number of fused-ring (bicyclic) bond motifs is 1. The third-order valence-corrected chi connectivity index (χ3v) is 14.7. The molecule has 0 radical (unpaired) electrons. The normalized spacial score (nSPS) is 16.0. The van der Waals surface area contributed by atoms with E-state index in [-0.39, 0.29) is 67.5 Å². The second kappa shape index (κ2) is 23.7. The van der Waals surface area contributed by atoms with Gasteiger partial charge in [0.2, 0.25) is 35.5 Å². The van der Waals surface area contributed by atoms with Gasteiger partial charge in [-0.15, -0.1) is 11.3 Å². The second-order valence-electron chi connectivity index (χ2n) is 20.2. The van der Waals surface area contributed by atoms with Crippen molar-refractivity contribution in [1.82, 2.24) is 40.0 Å².